The highest BCUT2D eigenvalue weighted by atomic mass is 79.9. The number of rotatable bonds is 5. The summed E-state index contributed by atoms with van der Waals surface area (Å²) >= 11 is 9.33. The van der Waals surface area contributed by atoms with Gasteiger partial charge in [0, 0.05) is 17.8 Å². The molecule has 0 radical (unpaired) electrons. The van der Waals surface area contributed by atoms with E-state index in [9.17, 15) is 4.79 Å². The Morgan fingerprint density at radius 3 is 3.10 bits per heavy atom. The summed E-state index contributed by atoms with van der Waals surface area (Å²) in [4.78, 5) is 12.1. The first kappa shape index (κ1) is 15.0. The van der Waals surface area contributed by atoms with Gasteiger partial charge in [0.1, 0.15) is 0 Å². The fraction of sp³-hybridized carbons (Fsp3) is 0.231. The third-order valence-corrected chi connectivity index (χ3v) is 3.41. The topological polar surface area (TPSA) is 56.1 Å². The Morgan fingerprint density at radius 2 is 2.35 bits per heavy atom. The molecule has 5 nitrogen and oxygen atoms in total. The summed E-state index contributed by atoms with van der Waals surface area (Å²) in [5.41, 5.74) is 1.02. The van der Waals surface area contributed by atoms with Crippen LogP contribution in [0.1, 0.15) is 10.4 Å². The lowest BCUT2D eigenvalue weighted by Gasteiger charge is -2.05. The molecule has 1 aromatic carbocycles. The number of nitrogens with one attached hydrogen (secondary N) is 1. The first-order valence-electron chi connectivity index (χ1n) is 5.88. The van der Waals surface area contributed by atoms with Crippen LogP contribution in [0.25, 0.3) is 0 Å². The molecule has 106 valence electrons. The first-order valence-corrected chi connectivity index (χ1v) is 7.05. The Morgan fingerprint density at radius 1 is 1.55 bits per heavy atom. The number of anilines is 1. The molecule has 7 heteroatoms. The van der Waals surface area contributed by atoms with Gasteiger partial charge in [-0.1, -0.05) is 27.5 Å². The fourth-order valence-corrected chi connectivity index (χ4v) is 2.17. The van der Waals surface area contributed by atoms with Gasteiger partial charge in [-0.05, 0) is 18.2 Å². The Bertz CT molecular complexity index is 615. The fourth-order valence-electron chi connectivity index (χ4n) is 1.61. The predicted molar refractivity (Wildman–Crippen MR) is 81.2 cm³/mol. The standard InChI is InChI=1S/C13H13BrClN3O2/c1-20-5-4-18-8-10(7-16-18)17-13(19)11-6-9(14)2-3-12(11)15/h2-3,6-8H,4-5H2,1H3,(H,17,19). The van der Waals surface area contributed by atoms with Crippen LogP contribution in [0.15, 0.2) is 35.1 Å². The smallest absolute Gasteiger partial charge is 0.257 e. The number of hydrogen-bond donors (Lipinski definition) is 1. The number of hydrogen-bond acceptors (Lipinski definition) is 3. The lowest BCUT2D eigenvalue weighted by atomic mass is 10.2. The average Bonchev–Trinajstić information content (AvgIpc) is 2.86. The van der Waals surface area contributed by atoms with Crippen molar-refractivity contribution in [3.8, 4) is 0 Å². The lowest BCUT2D eigenvalue weighted by molar-refractivity contribution is 0.102. The minimum absolute atomic E-state index is 0.275. The van der Waals surface area contributed by atoms with Crippen LogP contribution in [-0.4, -0.2) is 29.4 Å². The number of amides is 1. The van der Waals surface area contributed by atoms with Crippen LogP contribution in [0.4, 0.5) is 5.69 Å². The van der Waals surface area contributed by atoms with Gasteiger partial charge in [0.05, 0.1) is 35.6 Å². The van der Waals surface area contributed by atoms with Crippen LogP contribution in [0, 0.1) is 0 Å². The maximum absolute atomic E-state index is 12.1. The highest BCUT2D eigenvalue weighted by Crippen LogP contribution is 2.22. The maximum atomic E-state index is 12.1. The summed E-state index contributed by atoms with van der Waals surface area (Å²) in [6.45, 7) is 1.19. The van der Waals surface area contributed by atoms with Gasteiger partial charge in [0.2, 0.25) is 0 Å². The van der Waals surface area contributed by atoms with E-state index in [1.54, 1.807) is 42.4 Å². The minimum atomic E-state index is -0.275. The second kappa shape index (κ2) is 6.88. The molecule has 0 saturated heterocycles. The molecule has 2 rings (SSSR count). The summed E-state index contributed by atoms with van der Waals surface area (Å²) in [6, 6.07) is 5.12. The summed E-state index contributed by atoms with van der Waals surface area (Å²) in [5, 5.41) is 7.28. The number of benzene rings is 1. The largest absolute Gasteiger partial charge is 0.383 e. The zero-order valence-electron chi connectivity index (χ0n) is 10.8. The van der Waals surface area contributed by atoms with E-state index in [0.29, 0.717) is 29.4 Å². The molecule has 0 spiro atoms. The van der Waals surface area contributed by atoms with E-state index in [4.69, 9.17) is 16.3 Å². The molecular formula is C13H13BrClN3O2. The zero-order chi connectivity index (χ0) is 14.5. The van der Waals surface area contributed by atoms with Crippen LogP contribution in [0.5, 0.6) is 0 Å². The normalized spacial score (nSPS) is 10.6. The molecule has 1 amide bonds. The third-order valence-electron chi connectivity index (χ3n) is 2.59. The molecule has 0 aliphatic carbocycles. The van der Waals surface area contributed by atoms with Gasteiger partial charge in [-0.25, -0.2) is 0 Å². The quantitative estimate of drug-likeness (QED) is 0.893. The van der Waals surface area contributed by atoms with E-state index < -0.39 is 0 Å². The van der Waals surface area contributed by atoms with Crippen molar-refractivity contribution in [1.29, 1.82) is 0 Å². The van der Waals surface area contributed by atoms with E-state index in [1.807, 2.05) is 0 Å². The first-order chi connectivity index (χ1) is 9.60. The lowest BCUT2D eigenvalue weighted by Crippen LogP contribution is -2.12. The van der Waals surface area contributed by atoms with Gasteiger partial charge in [-0.15, -0.1) is 0 Å². The molecule has 2 aromatic rings. The van der Waals surface area contributed by atoms with Crippen molar-refractivity contribution >= 4 is 39.1 Å². The van der Waals surface area contributed by atoms with Crippen LogP contribution in [-0.2, 0) is 11.3 Å². The summed E-state index contributed by atoms with van der Waals surface area (Å²) in [7, 11) is 1.63. The maximum Gasteiger partial charge on any atom is 0.257 e. The zero-order valence-corrected chi connectivity index (χ0v) is 13.1. The van der Waals surface area contributed by atoms with Gasteiger partial charge in [0.25, 0.3) is 5.91 Å². The summed E-state index contributed by atoms with van der Waals surface area (Å²) in [5.74, 6) is -0.275. The van der Waals surface area contributed by atoms with Gasteiger partial charge >= 0.3 is 0 Å². The van der Waals surface area contributed by atoms with E-state index in [-0.39, 0.29) is 5.91 Å². The second-order valence-corrected chi connectivity index (χ2v) is 5.39. The molecule has 0 saturated carbocycles. The van der Waals surface area contributed by atoms with Crippen molar-refractivity contribution in [3.63, 3.8) is 0 Å². The van der Waals surface area contributed by atoms with E-state index in [1.165, 1.54) is 0 Å². The Labute approximate surface area is 130 Å². The van der Waals surface area contributed by atoms with Gasteiger partial charge < -0.3 is 10.1 Å². The van der Waals surface area contributed by atoms with Gasteiger partial charge in [0.15, 0.2) is 0 Å². The average molecular weight is 359 g/mol. The number of carbonyl (C=O) groups is 1. The number of carbonyl (C=O) groups excluding carboxylic acids is 1. The van der Waals surface area contributed by atoms with Crippen LogP contribution < -0.4 is 5.32 Å². The molecule has 20 heavy (non-hydrogen) atoms. The second-order valence-electron chi connectivity index (χ2n) is 4.06. The SMILES string of the molecule is COCCn1cc(NC(=O)c2cc(Br)ccc2Cl)cn1. The molecule has 1 heterocycles. The Balaban J connectivity index is 2.07. The molecule has 0 atom stereocenters. The van der Waals surface area contributed by atoms with E-state index in [2.05, 4.69) is 26.3 Å². The number of methoxy groups -OCH3 is 1. The van der Waals surface area contributed by atoms with Crippen LogP contribution in [0.2, 0.25) is 5.02 Å². The number of nitrogens with zero attached hydrogens (tertiary/aromatic N) is 2. The summed E-state index contributed by atoms with van der Waals surface area (Å²) < 4.78 is 7.45. The molecule has 0 aliphatic heterocycles. The Kier molecular flexibility index (Phi) is 5.17. The van der Waals surface area contributed by atoms with Crippen molar-refractivity contribution in [2.24, 2.45) is 0 Å². The van der Waals surface area contributed by atoms with Crippen LogP contribution >= 0.6 is 27.5 Å². The van der Waals surface area contributed by atoms with Gasteiger partial charge in [-0.2, -0.15) is 5.10 Å². The van der Waals surface area contributed by atoms with Gasteiger partial charge in [-0.3, -0.25) is 9.48 Å². The van der Waals surface area contributed by atoms with Crippen molar-refractivity contribution in [2.75, 3.05) is 19.0 Å². The van der Waals surface area contributed by atoms with Crippen molar-refractivity contribution in [3.05, 3.63) is 45.7 Å². The molecule has 0 aliphatic rings. The van der Waals surface area contributed by atoms with Crippen LogP contribution in [0.3, 0.4) is 0 Å². The Hall–Kier alpha value is -1.37. The van der Waals surface area contributed by atoms with E-state index >= 15 is 0 Å². The highest BCUT2D eigenvalue weighted by Gasteiger charge is 2.12. The number of halogens is 2. The number of ether oxygens (including phenoxy) is 1. The number of aromatic nitrogens is 2. The van der Waals surface area contributed by atoms with E-state index in [0.717, 1.165) is 4.47 Å². The van der Waals surface area contributed by atoms with Crippen molar-refractivity contribution in [1.82, 2.24) is 9.78 Å². The van der Waals surface area contributed by atoms with Crippen molar-refractivity contribution < 1.29 is 9.53 Å². The molecule has 0 fully saturated rings. The monoisotopic (exact) mass is 357 g/mol. The molecular weight excluding hydrogens is 346 g/mol. The molecule has 1 N–H and O–H groups in total. The molecule has 1 aromatic heterocycles. The summed E-state index contributed by atoms with van der Waals surface area (Å²) in [6.07, 6.45) is 3.32. The molecule has 0 bridgehead atoms. The van der Waals surface area contributed by atoms with Crippen molar-refractivity contribution in [2.45, 2.75) is 6.54 Å². The molecule has 0 unspecified atom stereocenters. The minimum Gasteiger partial charge on any atom is -0.383 e. The highest BCUT2D eigenvalue weighted by molar-refractivity contribution is 9.10. The third kappa shape index (κ3) is 3.82. The predicted octanol–water partition coefficient (Wildman–Crippen LogP) is 3.20.